The first-order chi connectivity index (χ1) is 13.4. The van der Waals surface area contributed by atoms with E-state index in [1.54, 1.807) is 0 Å². The zero-order valence-electron chi connectivity index (χ0n) is 17.9. The predicted molar refractivity (Wildman–Crippen MR) is 113 cm³/mol. The van der Waals surface area contributed by atoms with Crippen LogP contribution in [0.3, 0.4) is 0 Å². The van der Waals surface area contributed by atoms with Crippen LogP contribution < -0.4 is 0 Å². The van der Waals surface area contributed by atoms with Crippen molar-refractivity contribution in [1.29, 1.82) is 0 Å². The molecule has 3 fully saturated rings. The molecule has 2 bridgehead atoms. The third kappa shape index (κ3) is 4.16. The fourth-order valence-corrected chi connectivity index (χ4v) is 6.20. The highest BCUT2D eigenvalue weighted by Gasteiger charge is 2.60. The monoisotopic (exact) mass is 386 g/mol. The lowest BCUT2D eigenvalue weighted by Crippen LogP contribution is -2.49. The molecule has 1 aliphatic heterocycles. The number of hydrogen-bond acceptors (Lipinski definition) is 4. The number of piperazine rings is 1. The molecule has 4 nitrogen and oxygen atoms in total. The average molecular weight is 387 g/mol. The molecular formula is C24H38N2O2. The normalized spacial score (nSPS) is 34.0. The van der Waals surface area contributed by atoms with E-state index in [2.05, 4.69) is 60.9 Å². The van der Waals surface area contributed by atoms with Crippen LogP contribution in [-0.2, 0) is 11.3 Å². The molecule has 0 radical (unpaired) electrons. The third-order valence-corrected chi connectivity index (χ3v) is 7.78. The van der Waals surface area contributed by atoms with Crippen molar-refractivity contribution in [3.63, 3.8) is 0 Å². The number of hydrogen-bond donors (Lipinski definition) is 1. The Morgan fingerprint density at radius 1 is 1.07 bits per heavy atom. The SMILES string of the molecule is CC1(C)[C@@H]2CC[C@@](C)(C2)[C@@H]1OC[C@H](O)CN1CCN(Cc2ccccc2)CC1. The number of β-amino-alcohol motifs (C(OH)–C–C–N with tert-alkyl or cyclic N) is 1. The van der Waals surface area contributed by atoms with Crippen LogP contribution in [0.15, 0.2) is 30.3 Å². The standard InChI is InChI=1S/C24H38N2O2/c1-23(2)20-9-10-24(3,15-20)22(23)28-18-21(27)17-26-13-11-25(12-14-26)16-19-7-5-4-6-8-19/h4-8,20-22,27H,9-18H2,1-3H3/t20-,21-,22-,24+/m1/s1. The lowest BCUT2D eigenvalue weighted by atomic mass is 9.70. The van der Waals surface area contributed by atoms with Crippen molar-refractivity contribution >= 4 is 0 Å². The Morgan fingerprint density at radius 2 is 1.75 bits per heavy atom. The second kappa shape index (κ2) is 8.06. The Hall–Kier alpha value is -0.940. The maximum Gasteiger partial charge on any atom is 0.0900 e. The first kappa shape index (κ1) is 20.3. The number of rotatable bonds is 7. The minimum Gasteiger partial charge on any atom is -0.389 e. The van der Waals surface area contributed by atoms with Crippen molar-refractivity contribution in [2.24, 2.45) is 16.7 Å². The molecule has 2 aliphatic carbocycles. The highest BCUT2D eigenvalue weighted by Crippen LogP contribution is 2.63. The van der Waals surface area contributed by atoms with Crippen LogP contribution in [0.1, 0.15) is 45.6 Å². The Labute approximate surface area is 170 Å². The highest BCUT2D eigenvalue weighted by atomic mass is 16.5. The average Bonchev–Trinajstić information content (AvgIpc) is 3.15. The van der Waals surface area contributed by atoms with Crippen molar-refractivity contribution in [1.82, 2.24) is 9.80 Å². The molecule has 156 valence electrons. The second-order valence-electron chi connectivity index (χ2n) is 10.3. The number of benzene rings is 1. The van der Waals surface area contributed by atoms with E-state index in [0.717, 1.165) is 45.2 Å². The lowest BCUT2D eigenvalue weighted by Gasteiger charge is -2.43. The highest BCUT2D eigenvalue weighted by molar-refractivity contribution is 5.14. The van der Waals surface area contributed by atoms with E-state index in [-0.39, 0.29) is 17.6 Å². The maximum atomic E-state index is 10.6. The molecule has 0 aromatic heterocycles. The van der Waals surface area contributed by atoms with Crippen molar-refractivity contribution in [3.05, 3.63) is 35.9 Å². The van der Waals surface area contributed by atoms with Gasteiger partial charge in [-0.3, -0.25) is 9.80 Å². The van der Waals surface area contributed by atoms with E-state index >= 15 is 0 Å². The van der Waals surface area contributed by atoms with Gasteiger partial charge in [0.2, 0.25) is 0 Å². The van der Waals surface area contributed by atoms with Gasteiger partial charge in [-0.2, -0.15) is 0 Å². The van der Waals surface area contributed by atoms with Gasteiger partial charge in [-0.15, -0.1) is 0 Å². The minimum atomic E-state index is -0.390. The van der Waals surface area contributed by atoms with Gasteiger partial charge in [-0.05, 0) is 41.6 Å². The van der Waals surface area contributed by atoms with Gasteiger partial charge in [0.05, 0.1) is 18.8 Å². The van der Waals surface area contributed by atoms with Crippen molar-refractivity contribution in [2.45, 2.75) is 58.8 Å². The molecule has 0 amide bonds. The maximum absolute atomic E-state index is 10.6. The summed E-state index contributed by atoms with van der Waals surface area (Å²) in [6.45, 7) is 13.5. The number of nitrogens with zero attached hydrogens (tertiary/aromatic N) is 2. The lowest BCUT2D eigenvalue weighted by molar-refractivity contribution is -0.114. The van der Waals surface area contributed by atoms with Crippen LogP contribution in [0.2, 0.25) is 0 Å². The summed E-state index contributed by atoms with van der Waals surface area (Å²) in [7, 11) is 0. The number of ether oxygens (including phenoxy) is 1. The molecule has 4 rings (SSSR count). The minimum absolute atomic E-state index is 0.246. The van der Waals surface area contributed by atoms with Gasteiger partial charge >= 0.3 is 0 Å². The fourth-order valence-electron chi connectivity index (χ4n) is 6.20. The van der Waals surface area contributed by atoms with Crippen molar-refractivity contribution < 1.29 is 9.84 Å². The molecule has 4 atom stereocenters. The van der Waals surface area contributed by atoms with Crippen molar-refractivity contribution in [2.75, 3.05) is 39.3 Å². The van der Waals surface area contributed by atoms with E-state index < -0.39 is 0 Å². The first-order valence-electron chi connectivity index (χ1n) is 11.2. The van der Waals surface area contributed by atoms with Gasteiger partial charge in [0.15, 0.2) is 0 Å². The zero-order valence-corrected chi connectivity index (χ0v) is 17.9. The number of aliphatic hydroxyl groups excluding tert-OH is 1. The Morgan fingerprint density at radius 3 is 2.39 bits per heavy atom. The zero-order chi connectivity index (χ0) is 19.8. The van der Waals surface area contributed by atoms with Gasteiger partial charge in [0.1, 0.15) is 0 Å². The number of fused-ring (bicyclic) bond motifs is 2. The third-order valence-electron chi connectivity index (χ3n) is 7.78. The van der Waals surface area contributed by atoms with E-state index in [9.17, 15) is 5.11 Å². The summed E-state index contributed by atoms with van der Waals surface area (Å²) in [6.07, 6.45) is 3.82. The van der Waals surface area contributed by atoms with E-state index in [1.165, 1.54) is 24.8 Å². The van der Waals surface area contributed by atoms with Gasteiger partial charge in [0, 0.05) is 39.3 Å². The van der Waals surface area contributed by atoms with Crippen LogP contribution >= 0.6 is 0 Å². The van der Waals surface area contributed by atoms with Crippen LogP contribution in [-0.4, -0.2) is 66.4 Å². The topological polar surface area (TPSA) is 35.9 Å². The van der Waals surface area contributed by atoms with Gasteiger partial charge in [-0.1, -0.05) is 51.1 Å². The molecule has 1 aromatic rings. The molecule has 0 unspecified atom stereocenters. The van der Waals surface area contributed by atoms with E-state index in [1.807, 2.05) is 0 Å². The van der Waals surface area contributed by atoms with Gasteiger partial charge < -0.3 is 9.84 Å². The summed E-state index contributed by atoms with van der Waals surface area (Å²) in [5.74, 6) is 0.789. The van der Waals surface area contributed by atoms with Crippen LogP contribution in [0, 0.1) is 16.7 Å². The summed E-state index contributed by atoms with van der Waals surface area (Å²) in [5.41, 5.74) is 1.94. The summed E-state index contributed by atoms with van der Waals surface area (Å²) in [4.78, 5) is 4.90. The van der Waals surface area contributed by atoms with Gasteiger partial charge in [0.25, 0.3) is 0 Å². The number of aliphatic hydroxyl groups is 1. The summed E-state index contributed by atoms with van der Waals surface area (Å²) in [6, 6.07) is 10.7. The Balaban J connectivity index is 1.20. The predicted octanol–water partition coefficient (Wildman–Crippen LogP) is 3.40. The summed E-state index contributed by atoms with van der Waals surface area (Å²) >= 11 is 0. The summed E-state index contributed by atoms with van der Waals surface area (Å²) < 4.78 is 6.37. The molecule has 4 heteroatoms. The van der Waals surface area contributed by atoms with Crippen molar-refractivity contribution in [3.8, 4) is 0 Å². The summed E-state index contributed by atoms with van der Waals surface area (Å²) in [5, 5.41) is 10.6. The van der Waals surface area contributed by atoms with Crippen LogP contribution in [0.4, 0.5) is 0 Å². The quantitative estimate of drug-likeness (QED) is 0.779. The largest absolute Gasteiger partial charge is 0.389 e. The van der Waals surface area contributed by atoms with E-state index in [4.69, 9.17) is 4.74 Å². The first-order valence-corrected chi connectivity index (χ1v) is 11.2. The smallest absolute Gasteiger partial charge is 0.0900 e. The molecule has 28 heavy (non-hydrogen) atoms. The molecule has 3 aliphatic rings. The van der Waals surface area contributed by atoms with Crippen LogP contribution in [0.25, 0.3) is 0 Å². The fraction of sp³-hybridized carbons (Fsp3) is 0.750. The molecule has 1 N–H and O–H groups in total. The Kier molecular flexibility index (Phi) is 5.85. The Bertz CT molecular complexity index is 637. The molecule has 1 heterocycles. The molecule has 2 saturated carbocycles. The second-order valence-corrected chi connectivity index (χ2v) is 10.3. The van der Waals surface area contributed by atoms with Gasteiger partial charge in [-0.25, -0.2) is 0 Å². The molecule has 1 aromatic carbocycles. The molecule has 0 spiro atoms. The molecule has 1 saturated heterocycles. The molecular weight excluding hydrogens is 348 g/mol. The van der Waals surface area contributed by atoms with Crippen LogP contribution in [0.5, 0.6) is 0 Å². The van der Waals surface area contributed by atoms with E-state index in [0.29, 0.717) is 12.0 Å².